The van der Waals surface area contributed by atoms with Crippen LogP contribution >= 0.6 is 0 Å². The molecule has 9 heteroatoms. The highest BCUT2D eigenvalue weighted by Gasteiger charge is 2.18. The maximum absolute atomic E-state index is 13.6. The molecule has 2 heterocycles. The first-order valence-corrected chi connectivity index (χ1v) is 9.57. The number of nitrogens with one attached hydrogen (secondary N) is 2. The highest BCUT2D eigenvalue weighted by molar-refractivity contribution is 5.95. The molecule has 0 aliphatic carbocycles. The Labute approximate surface area is 171 Å². The van der Waals surface area contributed by atoms with E-state index >= 15 is 0 Å². The average Bonchev–Trinajstić information content (AvgIpc) is 3.31. The van der Waals surface area contributed by atoms with Crippen molar-refractivity contribution in [2.75, 3.05) is 11.9 Å². The molecule has 0 saturated carbocycles. The molecule has 7 nitrogen and oxygen atoms in total. The van der Waals surface area contributed by atoms with Gasteiger partial charge in [-0.1, -0.05) is 12.1 Å². The number of aryl methyl sites for hydroxylation is 1. The minimum atomic E-state index is -0.950. The lowest BCUT2D eigenvalue weighted by Crippen LogP contribution is -2.28. The zero-order valence-electron chi connectivity index (χ0n) is 16.0. The Hall–Kier alpha value is -3.62. The third-order valence-corrected chi connectivity index (χ3v) is 4.83. The maximum atomic E-state index is 13.6. The van der Waals surface area contributed by atoms with Gasteiger partial charge in [0, 0.05) is 43.2 Å². The van der Waals surface area contributed by atoms with E-state index in [0.29, 0.717) is 11.8 Å². The Morgan fingerprint density at radius 3 is 2.80 bits per heavy atom. The van der Waals surface area contributed by atoms with Gasteiger partial charge >= 0.3 is 0 Å². The van der Waals surface area contributed by atoms with Crippen molar-refractivity contribution in [2.24, 2.45) is 0 Å². The van der Waals surface area contributed by atoms with E-state index in [1.165, 1.54) is 0 Å². The smallest absolute Gasteiger partial charge is 0.254 e. The third-order valence-electron chi connectivity index (χ3n) is 4.83. The highest BCUT2D eigenvalue weighted by atomic mass is 19.1. The second-order valence-electron chi connectivity index (χ2n) is 6.95. The fraction of sp³-hybridized carbons (Fsp3) is 0.238. The van der Waals surface area contributed by atoms with E-state index < -0.39 is 17.5 Å². The Kier molecular flexibility index (Phi) is 5.51. The van der Waals surface area contributed by atoms with E-state index in [-0.39, 0.29) is 24.4 Å². The van der Waals surface area contributed by atoms with E-state index in [2.05, 4.69) is 25.4 Å². The van der Waals surface area contributed by atoms with Crippen LogP contribution in [0.3, 0.4) is 0 Å². The standard InChI is InChI=1S/C21H19F2N5O2/c22-14-6-7-16(17(23)12-14)21(30)24-9-8-19(29)25-15-4-1-3-13(11-15)20-27-26-18-5-2-10-28(18)20/h1,3-4,6-7,11-12H,2,5,8-10H2,(H,24,30)(H,25,29). The summed E-state index contributed by atoms with van der Waals surface area (Å²) in [5.41, 5.74) is 1.18. The number of carbonyl (C=O) groups is 2. The Morgan fingerprint density at radius 1 is 1.10 bits per heavy atom. The monoisotopic (exact) mass is 411 g/mol. The van der Waals surface area contributed by atoms with Crippen molar-refractivity contribution in [2.45, 2.75) is 25.8 Å². The second-order valence-corrected chi connectivity index (χ2v) is 6.95. The lowest BCUT2D eigenvalue weighted by molar-refractivity contribution is -0.116. The van der Waals surface area contributed by atoms with Crippen LogP contribution in [0.15, 0.2) is 42.5 Å². The van der Waals surface area contributed by atoms with Crippen LogP contribution in [0.2, 0.25) is 0 Å². The van der Waals surface area contributed by atoms with Gasteiger partial charge < -0.3 is 15.2 Å². The number of rotatable bonds is 6. The lowest BCUT2D eigenvalue weighted by Gasteiger charge is -2.09. The molecule has 4 rings (SSSR count). The molecule has 0 fully saturated rings. The average molecular weight is 411 g/mol. The van der Waals surface area contributed by atoms with Gasteiger partial charge in [0.25, 0.3) is 5.91 Å². The normalized spacial score (nSPS) is 12.5. The summed E-state index contributed by atoms with van der Waals surface area (Å²) in [4.78, 5) is 24.2. The van der Waals surface area contributed by atoms with Crippen LogP contribution in [0.5, 0.6) is 0 Å². The Morgan fingerprint density at radius 2 is 1.97 bits per heavy atom. The SMILES string of the molecule is O=C(CCNC(=O)c1ccc(F)cc1F)Nc1cccc(-c2nnc3n2CCC3)c1. The number of hydrogen-bond donors (Lipinski definition) is 2. The Balaban J connectivity index is 1.33. The van der Waals surface area contributed by atoms with Crippen LogP contribution in [-0.2, 0) is 17.8 Å². The van der Waals surface area contributed by atoms with Gasteiger partial charge in [0.15, 0.2) is 5.82 Å². The number of aromatic nitrogens is 3. The van der Waals surface area contributed by atoms with Crippen LogP contribution in [-0.4, -0.2) is 33.1 Å². The van der Waals surface area contributed by atoms with Crippen LogP contribution in [0.1, 0.15) is 29.0 Å². The summed E-state index contributed by atoms with van der Waals surface area (Å²) < 4.78 is 28.6. The molecule has 0 atom stereocenters. The second kappa shape index (κ2) is 8.40. The van der Waals surface area contributed by atoms with Gasteiger partial charge in [-0.25, -0.2) is 8.78 Å². The fourth-order valence-corrected chi connectivity index (χ4v) is 3.38. The summed E-state index contributed by atoms with van der Waals surface area (Å²) >= 11 is 0. The summed E-state index contributed by atoms with van der Waals surface area (Å²) in [5.74, 6) is -0.989. The zero-order valence-corrected chi connectivity index (χ0v) is 16.0. The van der Waals surface area contributed by atoms with E-state index in [1.54, 1.807) is 6.07 Å². The first-order chi connectivity index (χ1) is 14.5. The van der Waals surface area contributed by atoms with Gasteiger partial charge in [0.05, 0.1) is 5.56 Å². The van der Waals surface area contributed by atoms with Crippen molar-refractivity contribution in [3.63, 3.8) is 0 Å². The number of fused-ring (bicyclic) bond motifs is 1. The first kappa shape index (κ1) is 19.7. The molecule has 0 spiro atoms. The number of carbonyl (C=O) groups excluding carboxylic acids is 2. The molecule has 0 saturated heterocycles. The van der Waals surface area contributed by atoms with Gasteiger partial charge in [-0.15, -0.1) is 10.2 Å². The molecular formula is C21H19F2N5O2. The number of hydrogen-bond acceptors (Lipinski definition) is 4. The van der Waals surface area contributed by atoms with Crippen LogP contribution < -0.4 is 10.6 Å². The number of nitrogens with zero attached hydrogens (tertiary/aromatic N) is 3. The molecule has 154 valence electrons. The number of anilines is 1. The van der Waals surface area contributed by atoms with Gasteiger partial charge in [-0.2, -0.15) is 0 Å². The predicted octanol–water partition coefficient (Wildman–Crippen LogP) is 2.93. The van der Waals surface area contributed by atoms with Crippen molar-refractivity contribution < 1.29 is 18.4 Å². The van der Waals surface area contributed by atoms with E-state index in [1.807, 2.05) is 18.2 Å². The van der Waals surface area contributed by atoms with Crippen LogP contribution in [0, 0.1) is 11.6 Å². The van der Waals surface area contributed by atoms with Gasteiger partial charge in [-0.05, 0) is 30.7 Å². The summed E-state index contributed by atoms with van der Waals surface area (Å²) in [6.45, 7) is 0.890. The zero-order chi connectivity index (χ0) is 21.1. The summed E-state index contributed by atoms with van der Waals surface area (Å²) in [5, 5.41) is 13.7. The third kappa shape index (κ3) is 4.19. The summed E-state index contributed by atoms with van der Waals surface area (Å²) in [6.07, 6.45) is 1.96. The molecule has 1 aliphatic rings. The molecule has 2 amide bonds. The van der Waals surface area contributed by atoms with Gasteiger partial charge in [0.1, 0.15) is 17.5 Å². The van der Waals surface area contributed by atoms with Crippen LogP contribution in [0.25, 0.3) is 11.4 Å². The number of halogens is 2. The van der Waals surface area contributed by atoms with Crippen molar-refractivity contribution in [1.29, 1.82) is 0 Å². The maximum Gasteiger partial charge on any atom is 0.254 e. The van der Waals surface area contributed by atoms with Crippen molar-refractivity contribution in [1.82, 2.24) is 20.1 Å². The minimum Gasteiger partial charge on any atom is -0.351 e. The van der Waals surface area contributed by atoms with Gasteiger partial charge in [0.2, 0.25) is 5.91 Å². The molecule has 1 aliphatic heterocycles. The Bertz CT molecular complexity index is 1110. The predicted molar refractivity (Wildman–Crippen MR) is 106 cm³/mol. The number of amides is 2. The molecule has 1 aromatic heterocycles. The molecular weight excluding hydrogens is 392 g/mol. The van der Waals surface area contributed by atoms with Crippen molar-refractivity contribution in [3.05, 3.63) is 65.5 Å². The van der Waals surface area contributed by atoms with E-state index in [9.17, 15) is 18.4 Å². The molecule has 2 aromatic carbocycles. The fourth-order valence-electron chi connectivity index (χ4n) is 3.38. The summed E-state index contributed by atoms with van der Waals surface area (Å²) in [7, 11) is 0. The van der Waals surface area contributed by atoms with Gasteiger partial charge in [-0.3, -0.25) is 9.59 Å². The van der Waals surface area contributed by atoms with Crippen molar-refractivity contribution >= 4 is 17.5 Å². The largest absolute Gasteiger partial charge is 0.351 e. The summed E-state index contributed by atoms with van der Waals surface area (Å²) in [6, 6.07) is 10.0. The lowest BCUT2D eigenvalue weighted by atomic mass is 10.2. The van der Waals surface area contributed by atoms with Crippen LogP contribution in [0.4, 0.5) is 14.5 Å². The molecule has 30 heavy (non-hydrogen) atoms. The van der Waals surface area contributed by atoms with E-state index in [0.717, 1.165) is 48.7 Å². The molecule has 3 aromatic rings. The molecule has 2 N–H and O–H groups in total. The van der Waals surface area contributed by atoms with E-state index in [4.69, 9.17) is 0 Å². The van der Waals surface area contributed by atoms with Crippen molar-refractivity contribution in [3.8, 4) is 11.4 Å². The molecule has 0 radical (unpaired) electrons. The molecule has 0 bridgehead atoms. The first-order valence-electron chi connectivity index (χ1n) is 9.57. The molecule has 0 unspecified atom stereocenters. The quantitative estimate of drug-likeness (QED) is 0.653. The number of benzene rings is 2. The topological polar surface area (TPSA) is 88.9 Å². The highest BCUT2D eigenvalue weighted by Crippen LogP contribution is 2.25. The minimum absolute atomic E-state index is 0.000881.